The minimum absolute atomic E-state index is 0.0549. The maximum absolute atomic E-state index is 6.32. The van der Waals surface area contributed by atoms with E-state index in [9.17, 15) is 0 Å². The van der Waals surface area contributed by atoms with Gasteiger partial charge in [0.2, 0.25) is 0 Å². The smallest absolute Gasteiger partial charge is 0.0843 e. The van der Waals surface area contributed by atoms with Crippen molar-refractivity contribution < 1.29 is 0 Å². The Morgan fingerprint density at radius 2 is 1.79 bits per heavy atom. The molecule has 2 N–H and O–H groups in total. The third-order valence-corrected chi connectivity index (χ3v) is 6.29. The second kappa shape index (κ2) is 6.53. The van der Waals surface area contributed by atoms with Gasteiger partial charge in [-0.2, -0.15) is 0 Å². The van der Waals surface area contributed by atoms with Crippen molar-refractivity contribution in [2.24, 2.45) is 11.7 Å². The second-order valence-corrected chi connectivity index (χ2v) is 8.34. The molecule has 19 heavy (non-hydrogen) atoms. The zero-order chi connectivity index (χ0) is 14.0. The van der Waals surface area contributed by atoms with Crippen molar-refractivity contribution >= 4 is 43.2 Å². The van der Waals surface area contributed by atoms with Gasteiger partial charge in [-0.15, -0.1) is 11.3 Å². The summed E-state index contributed by atoms with van der Waals surface area (Å²) in [6.45, 7) is 4.47. The van der Waals surface area contributed by atoms with Crippen LogP contribution >= 0.6 is 43.2 Å². The van der Waals surface area contributed by atoms with Crippen molar-refractivity contribution in [2.45, 2.75) is 26.3 Å². The van der Waals surface area contributed by atoms with Crippen LogP contribution in [0.5, 0.6) is 0 Å². The fourth-order valence-corrected chi connectivity index (χ4v) is 4.13. The van der Waals surface area contributed by atoms with Crippen LogP contribution in [0.2, 0.25) is 0 Å². The topological polar surface area (TPSA) is 26.0 Å². The van der Waals surface area contributed by atoms with Gasteiger partial charge < -0.3 is 5.73 Å². The zero-order valence-electron chi connectivity index (χ0n) is 11.0. The van der Waals surface area contributed by atoms with Gasteiger partial charge in [0, 0.05) is 9.35 Å². The quantitative estimate of drug-likeness (QED) is 0.715. The molecular formula is C15H17Br2NS. The van der Waals surface area contributed by atoms with Crippen LogP contribution in [0, 0.1) is 5.92 Å². The summed E-state index contributed by atoms with van der Waals surface area (Å²) in [6.07, 6.45) is 1.12. The lowest BCUT2D eigenvalue weighted by Gasteiger charge is -2.11. The molecule has 2 rings (SSSR count). The van der Waals surface area contributed by atoms with E-state index in [1.807, 2.05) is 0 Å². The monoisotopic (exact) mass is 401 g/mol. The van der Waals surface area contributed by atoms with E-state index in [-0.39, 0.29) is 6.04 Å². The lowest BCUT2D eigenvalue weighted by molar-refractivity contribution is 0.647. The molecule has 0 radical (unpaired) electrons. The molecule has 0 aliphatic heterocycles. The van der Waals surface area contributed by atoms with Gasteiger partial charge in [-0.25, -0.2) is 0 Å². The number of halogens is 2. The molecule has 0 spiro atoms. The molecule has 1 aromatic carbocycles. The van der Waals surface area contributed by atoms with Crippen LogP contribution in [0.15, 0.2) is 38.6 Å². The molecule has 1 heterocycles. The van der Waals surface area contributed by atoms with Gasteiger partial charge in [-0.05, 0) is 61.4 Å². The fraction of sp³-hybridized carbons (Fsp3) is 0.333. The van der Waals surface area contributed by atoms with E-state index in [0.29, 0.717) is 5.92 Å². The van der Waals surface area contributed by atoms with Crippen molar-refractivity contribution in [1.29, 1.82) is 0 Å². The highest BCUT2D eigenvalue weighted by Gasteiger charge is 2.13. The SMILES string of the molecule is CC(C)Cc1ccc(C(N)c2cc(Br)c(Br)s2)cc1. The molecule has 0 fully saturated rings. The fourth-order valence-electron chi connectivity index (χ4n) is 2.01. The van der Waals surface area contributed by atoms with Crippen LogP contribution < -0.4 is 5.73 Å². The van der Waals surface area contributed by atoms with Crippen LogP contribution in [0.3, 0.4) is 0 Å². The highest BCUT2D eigenvalue weighted by molar-refractivity contribution is 9.13. The average Bonchev–Trinajstić information content (AvgIpc) is 2.69. The van der Waals surface area contributed by atoms with Gasteiger partial charge in [0.05, 0.1) is 9.83 Å². The van der Waals surface area contributed by atoms with E-state index in [2.05, 4.69) is 76.0 Å². The Hall–Kier alpha value is -0.160. The van der Waals surface area contributed by atoms with Gasteiger partial charge in [0.1, 0.15) is 0 Å². The highest BCUT2D eigenvalue weighted by Crippen LogP contribution is 2.36. The van der Waals surface area contributed by atoms with Gasteiger partial charge in [0.15, 0.2) is 0 Å². The van der Waals surface area contributed by atoms with Crippen molar-refractivity contribution in [3.05, 3.63) is 54.6 Å². The summed E-state index contributed by atoms with van der Waals surface area (Å²) in [5, 5.41) is 0. The average molecular weight is 403 g/mol. The molecule has 1 atom stereocenters. The summed E-state index contributed by atoms with van der Waals surface area (Å²) >= 11 is 8.69. The van der Waals surface area contributed by atoms with E-state index in [0.717, 1.165) is 25.1 Å². The van der Waals surface area contributed by atoms with Gasteiger partial charge in [-0.1, -0.05) is 38.1 Å². The van der Waals surface area contributed by atoms with Crippen LogP contribution in [0.25, 0.3) is 0 Å². The molecule has 102 valence electrons. The van der Waals surface area contributed by atoms with E-state index in [4.69, 9.17) is 5.73 Å². The Bertz CT molecular complexity index is 526. The first-order valence-electron chi connectivity index (χ1n) is 6.26. The number of rotatable bonds is 4. The molecule has 1 nitrogen and oxygen atoms in total. The summed E-state index contributed by atoms with van der Waals surface area (Å²) in [7, 11) is 0. The van der Waals surface area contributed by atoms with Gasteiger partial charge >= 0.3 is 0 Å². The summed E-state index contributed by atoms with van der Waals surface area (Å²) < 4.78 is 2.16. The second-order valence-electron chi connectivity index (χ2n) is 5.09. The lowest BCUT2D eigenvalue weighted by atomic mass is 9.99. The van der Waals surface area contributed by atoms with Crippen LogP contribution in [-0.2, 0) is 6.42 Å². The molecule has 0 amide bonds. The lowest BCUT2D eigenvalue weighted by Crippen LogP contribution is -2.10. The van der Waals surface area contributed by atoms with Crippen molar-refractivity contribution in [3.63, 3.8) is 0 Å². The minimum Gasteiger partial charge on any atom is -0.320 e. The first kappa shape index (κ1) is 15.2. The number of thiophene rings is 1. The predicted molar refractivity (Wildman–Crippen MR) is 90.7 cm³/mol. The largest absolute Gasteiger partial charge is 0.320 e. The predicted octanol–water partition coefficient (Wildman–Crippen LogP) is 5.52. The Kier molecular flexibility index (Phi) is 5.23. The third kappa shape index (κ3) is 3.91. The van der Waals surface area contributed by atoms with E-state index in [1.165, 1.54) is 5.56 Å². The van der Waals surface area contributed by atoms with Crippen LogP contribution in [-0.4, -0.2) is 0 Å². The summed E-state index contributed by atoms with van der Waals surface area (Å²) in [5.41, 5.74) is 8.85. The molecular weight excluding hydrogens is 386 g/mol. The summed E-state index contributed by atoms with van der Waals surface area (Å²) in [5.74, 6) is 0.684. The molecule has 4 heteroatoms. The summed E-state index contributed by atoms with van der Waals surface area (Å²) in [4.78, 5) is 1.16. The number of benzene rings is 1. The van der Waals surface area contributed by atoms with Crippen molar-refractivity contribution in [1.82, 2.24) is 0 Å². The van der Waals surface area contributed by atoms with Crippen LogP contribution in [0.4, 0.5) is 0 Å². The van der Waals surface area contributed by atoms with E-state index >= 15 is 0 Å². The Balaban J connectivity index is 2.17. The first-order valence-corrected chi connectivity index (χ1v) is 8.66. The molecule has 0 aliphatic carbocycles. The Morgan fingerprint density at radius 1 is 1.16 bits per heavy atom. The standard InChI is InChI=1S/C15H17Br2NS/c1-9(2)7-10-3-5-11(6-4-10)14(18)13-8-12(16)15(17)19-13/h3-6,8-9,14H,7,18H2,1-2H3. The maximum Gasteiger partial charge on any atom is 0.0843 e. The minimum atomic E-state index is -0.0549. The molecule has 1 aromatic heterocycles. The molecule has 1 unspecified atom stereocenters. The molecule has 0 saturated heterocycles. The summed E-state index contributed by atoms with van der Waals surface area (Å²) in [6, 6.07) is 10.7. The van der Waals surface area contributed by atoms with E-state index in [1.54, 1.807) is 11.3 Å². The maximum atomic E-state index is 6.32. The normalized spacial score (nSPS) is 12.9. The van der Waals surface area contributed by atoms with Crippen LogP contribution in [0.1, 0.15) is 35.9 Å². The number of hydrogen-bond acceptors (Lipinski definition) is 2. The highest BCUT2D eigenvalue weighted by atomic mass is 79.9. The molecule has 0 aliphatic rings. The van der Waals surface area contributed by atoms with Gasteiger partial charge in [-0.3, -0.25) is 0 Å². The Labute approximate surface area is 135 Å². The molecule has 0 saturated carbocycles. The molecule has 0 bridgehead atoms. The van der Waals surface area contributed by atoms with Crippen molar-refractivity contribution in [2.75, 3.05) is 0 Å². The Morgan fingerprint density at radius 3 is 2.26 bits per heavy atom. The number of nitrogens with two attached hydrogens (primary N) is 1. The first-order chi connectivity index (χ1) is 8.97. The van der Waals surface area contributed by atoms with Crippen molar-refractivity contribution in [3.8, 4) is 0 Å². The van der Waals surface area contributed by atoms with Gasteiger partial charge in [0.25, 0.3) is 0 Å². The molecule has 2 aromatic rings. The van der Waals surface area contributed by atoms with E-state index < -0.39 is 0 Å². The number of hydrogen-bond donors (Lipinski definition) is 1. The zero-order valence-corrected chi connectivity index (χ0v) is 15.0. The third-order valence-electron chi connectivity index (χ3n) is 2.95.